The zero-order valence-electron chi connectivity index (χ0n) is 27.3. The fourth-order valence-electron chi connectivity index (χ4n) is 7.27. The molecule has 2 atom stereocenters. The van der Waals surface area contributed by atoms with E-state index >= 15 is 0 Å². The number of ether oxygens (including phenoxy) is 2. The third-order valence-electron chi connectivity index (χ3n) is 9.58. The number of hydrogen-bond acceptors (Lipinski definition) is 5. The molecule has 0 saturated carbocycles. The van der Waals surface area contributed by atoms with Gasteiger partial charge in [-0.3, -0.25) is 9.80 Å². The SMILES string of the molecule is Clc1cccc(C2CN(CCCOc3ccc(CC4CN(C(c5ccccc5)(c5ccccc5)c5ccccc5)CS4)cc3)CCO2)c1. The van der Waals surface area contributed by atoms with E-state index in [-0.39, 0.29) is 11.6 Å². The molecule has 2 aliphatic rings. The Morgan fingerprint density at radius 3 is 2.02 bits per heavy atom. The predicted molar refractivity (Wildman–Crippen MR) is 199 cm³/mol. The van der Waals surface area contributed by atoms with Crippen LogP contribution >= 0.6 is 23.4 Å². The van der Waals surface area contributed by atoms with E-state index in [9.17, 15) is 0 Å². The van der Waals surface area contributed by atoms with E-state index in [4.69, 9.17) is 21.1 Å². The van der Waals surface area contributed by atoms with Gasteiger partial charge in [-0.25, -0.2) is 0 Å². The van der Waals surface area contributed by atoms with Crippen molar-refractivity contribution in [3.8, 4) is 5.75 Å². The summed E-state index contributed by atoms with van der Waals surface area (Å²) in [5.41, 5.74) is 6.06. The fraction of sp³-hybridized carbons (Fsp3) is 0.286. The molecule has 4 nitrogen and oxygen atoms in total. The summed E-state index contributed by atoms with van der Waals surface area (Å²) in [6, 6.07) is 49.8. The second kappa shape index (κ2) is 15.8. The largest absolute Gasteiger partial charge is 0.494 e. The average molecular weight is 675 g/mol. The summed E-state index contributed by atoms with van der Waals surface area (Å²) in [6.45, 7) is 5.26. The van der Waals surface area contributed by atoms with Crippen LogP contribution in [0.1, 0.15) is 40.3 Å². The first-order valence-electron chi connectivity index (χ1n) is 17.0. The van der Waals surface area contributed by atoms with Crippen molar-refractivity contribution in [1.29, 1.82) is 0 Å². The predicted octanol–water partition coefficient (Wildman–Crippen LogP) is 9.09. The molecule has 48 heavy (non-hydrogen) atoms. The van der Waals surface area contributed by atoms with Gasteiger partial charge in [-0.1, -0.05) is 127 Å². The number of nitrogens with zero attached hydrogens (tertiary/aromatic N) is 2. The van der Waals surface area contributed by atoms with Gasteiger partial charge in [-0.15, -0.1) is 11.8 Å². The van der Waals surface area contributed by atoms with Crippen LogP contribution in [0.3, 0.4) is 0 Å². The minimum absolute atomic E-state index is 0.0717. The molecule has 0 radical (unpaired) electrons. The van der Waals surface area contributed by atoms with E-state index < -0.39 is 0 Å². The van der Waals surface area contributed by atoms with Gasteiger partial charge in [0.15, 0.2) is 0 Å². The van der Waals surface area contributed by atoms with E-state index in [0.29, 0.717) is 11.9 Å². The Hall–Kier alpha value is -3.58. The Labute approximate surface area is 294 Å². The van der Waals surface area contributed by atoms with Crippen LogP contribution in [0.4, 0.5) is 0 Å². The molecule has 5 aromatic rings. The normalized spacial score (nSPS) is 18.9. The third-order valence-corrected chi connectivity index (χ3v) is 11.1. The minimum Gasteiger partial charge on any atom is -0.494 e. The molecule has 2 heterocycles. The molecular formula is C42H43ClN2O2S. The van der Waals surface area contributed by atoms with Gasteiger partial charge < -0.3 is 9.47 Å². The van der Waals surface area contributed by atoms with Crippen LogP contribution in [0.25, 0.3) is 0 Å². The van der Waals surface area contributed by atoms with Crippen molar-refractivity contribution in [3.05, 3.63) is 172 Å². The topological polar surface area (TPSA) is 24.9 Å². The van der Waals surface area contributed by atoms with Gasteiger partial charge in [-0.2, -0.15) is 0 Å². The number of morpholine rings is 1. The Bertz CT molecular complexity index is 1630. The highest BCUT2D eigenvalue weighted by atomic mass is 35.5. The molecule has 0 spiro atoms. The van der Waals surface area contributed by atoms with E-state index in [2.05, 4.69) is 143 Å². The van der Waals surface area contributed by atoms with Gasteiger partial charge in [0.2, 0.25) is 0 Å². The first kappa shape index (κ1) is 32.9. The number of benzene rings is 5. The molecule has 0 aliphatic carbocycles. The van der Waals surface area contributed by atoms with E-state index in [1.54, 1.807) is 0 Å². The van der Waals surface area contributed by atoms with Crippen LogP contribution in [0.15, 0.2) is 140 Å². The highest BCUT2D eigenvalue weighted by Crippen LogP contribution is 2.46. The Kier molecular flexibility index (Phi) is 10.8. The first-order valence-corrected chi connectivity index (χ1v) is 18.5. The lowest BCUT2D eigenvalue weighted by Crippen LogP contribution is -2.47. The number of halogens is 1. The molecule has 0 amide bonds. The smallest absolute Gasteiger partial charge is 0.119 e. The maximum Gasteiger partial charge on any atom is 0.119 e. The summed E-state index contributed by atoms with van der Waals surface area (Å²) >= 11 is 8.27. The van der Waals surface area contributed by atoms with Crippen LogP contribution in [-0.4, -0.2) is 60.3 Å². The molecule has 7 rings (SSSR count). The van der Waals surface area contributed by atoms with Gasteiger partial charge in [0.25, 0.3) is 0 Å². The first-order chi connectivity index (χ1) is 23.7. The second-order valence-electron chi connectivity index (χ2n) is 12.7. The van der Waals surface area contributed by atoms with Crippen LogP contribution in [0.2, 0.25) is 5.02 Å². The van der Waals surface area contributed by atoms with E-state index in [0.717, 1.165) is 67.8 Å². The summed E-state index contributed by atoms with van der Waals surface area (Å²) in [7, 11) is 0. The highest BCUT2D eigenvalue weighted by Gasteiger charge is 2.45. The van der Waals surface area contributed by atoms with Crippen LogP contribution in [0, 0.1) is 0 Å². The second-order valence-corrected chi connectivity index (χ2v) is 14.4. The zero-order chi connectivity index (χ0) is 32.6. The molecule has 246 valence electrons. The van der Waals surface area contributed by atoms with Crippen molar-refractivity contribution in [3.63, 3.8) is 0 Å². The molecule has 6 heteroatoms. The van der Waals surface area contributed by atoms with Gasteiger partial charge in [0.05, 0.1) is 24.9 Å². The van der Waals surface area contributed by atoms with Gasteiger partial charge in [-0.05, 0) is 64.9 Å². The molecule has 5 aromatic carbocycles. The molecular weight excluding hydrogens is 632 g/mol. The number of hydrogen-bond donors (Lipinski definition) is 0. The van der Waals surface area contributed by atoms with Crippen molar-refractivity contribution in [2.45, 2.75) is 29.7 Å². The summed E-state index contributed by atoms with van der Waals surface area (Å²) in [5, 5.41) is 1.25. The lowest BCUT2D eigenvalue weighted by molar-refractivity contribution is -0.0310. The van der Waals surface area contributed by atoms with Crippen molar-refractivity contribution in [1.82, 2.24) is 9.80 Å². The number of rotatable bonds is 12. The maximum absolute atomic E-state index is 6.21. The standard InChI is InChI=1S/C42H43ClN2O2S/c43-38-19-10-12-34(29-38)41-31-44(25-27-47-41)24-11-26-46-39-22-20-33(21-23-39)28-40-30-45(32-48-40)42(35-13-4-1-5-14-35,36-15-6-2-7-16-36)37-17-8-3-9-18-37/h1-10,12-23,29,40-41H,11,24-28,30-32H2. The van der Waals surface area contributed by atoms with Gasteiger partial charge in [0.1, 0.15) is 5.75 Å². The minimum atomic E-state index is -0.360. The fourth-order valence-corrected chi connectivity index (χ4v) is 8.75. The Morgan fingerprint density at radius 2 is 1.40 bits per heavy atom. The monoisotopic (exact) mass is 674 g/mol. The van der Waals surface area contributed by atoms with Crippen molar-refractivity contribution >= 4 is 23.4 Å². The summed E-state index contributed by atoms with van der Waals surface area (Å²) in [6.07, 6.45) is 2.08. The molecule has 0 N–H and O–H groups in total. The molecule has 2 saturated heterocycles. The Balaban J connectivity index is 0.958. The van der Waals surface area contributed by atoms with Crippen LogP contribution in [0.5, 0.6) is 5.75 Å². The van der Waals surface area contributed by atoms with Crippen molar-refractivity contribution in [2.75, 3.05) is 45.3 Å². The molecule has 0 aromatic heterocycles. The van der Waals surface area contributed by atoms with Crippen LogP contribution < -0.4 is 4.74 Å². The quantitative estimate of drug-likeness (QED) is 0.0971. The highest BCUT2D eigenvalue weighted by molar-refractivity contribution is 8.00. The van der Waals surface area contributed by atoms with Gasteiger partial charge >= 0.3 is 0 Å². The Morgan fingerprint density at radius 1 is 0.750 bits per heavy atom. The van der Waals surface area contributed by atoms with E-state index in [1.165, 1.54) is 22.3 Å². The average Bonchev–Trinajstić information content (AvgIpc) is 3.61. The lowest BCUT2D eigenvalue weighted by atomic mass is 9.75. The zero-order valence-corrected chi connectivity index (χ0v) is 28.9. The van der Waals surface area contributed by atoms with E-state index in [1.807, 2.05) is 18.2 Å². The number of thioether (sulfide) groups is 1. The molecule has 0 bridgehead atoms. The molecule has 2 unspecified atom stereocenters. The molecule has 2 aliphatic heterocycles. The summed E-state index contributed by atoms with van der Waals surface area (Å²) in [5.74, 6) is 1.91. The maximum atomic E-state index is 6.21. The summed E-state index contributed by atoms with van der Waals surface area (Å²) in [4.78, 5) is 5.15. The van der Waals surface area contributed by atoms with Crippen molar-refractivity contribution < 1.29 is 9.47 Å². The van der Waals surface area contributed by atoms with Crippen molar-refractivity contribution in [2.24, 2.45) is 0 Å². The third kappa shape index (κ3) is 7.51. The lowest BCUT2D eigenvalue weighted by Gasteiger charge is -2.43. The summed E-state index contributed by atoms with van der Waals surface area (Å²) < 4.78 is 12.2. The molecule has 2 fully saturated rings. The van der Waals surface area contributed by atoms with Gasteiger partial charge in [0, 0.05) is 42.3 Å². The van der Waals surface area contributed by atoms with Crippen LogP contribution in [-0.2, 0) is 16.7 Å².